The second-order valence-electron chi connectivity index (χ2n) is 7.43. The van der Waals surface area contributed by atoms with Crippen LogP contribution in [0, 0.1) is 11.6 Å². The molecule has 2 heterocycles. The van der Waals surface area contributed by atoms with Crippen LogP contribution in [0.4, 0.5) is 14.5 Å². The van der Waals surface area contributed by atoms with Gasteiger partial charge in [0.15, 0.2) is 11.6 Å². The summed E-state index contributed by atoms with van der Waals surface area (Å²) < 4.78 is 52.0. The lowest BCUT2D eigenvalue weighted by Crippen LogP contribution is -2.55. The van der Waals surface area contributed by atoms with Gasteiger partial charge < -0.3 is 14.9 Å². The molecule has 0 spiro atoms. The van der Waals surface area contributed by atoms with Crippen molar-refractivity contribution in [1.82, 2.24) is 4.90 Å². The molecule has 31 heavy (non-hydrogen) atoms. The second kappa shape index (κ2) is 7.95. The Kier molecular flexibility index (Phi) is 5.74. The van der Waals surface area contributed by atoms with E-state index in [1.807, 2.05) is 0 Å². The Morgan fingerprint density at radius 1 is 1.06 bits per heavy atom. The van der Waals surface area contributed by atoms with Crippen LogP contribution in [-0.2, 0) is 9.05 Å². The number of phenols is 1. The van der Waals surface area contributed by atoms with Crippen LogP contribution in [0.1, 0.15) is 23.2 Å². The van der Waals surface area contributed by atoms with Crippen LogP contribution in [-0.4, -0.2) is 49.5 Å². The number of fused-ring (bicyclic) bond motifs is 2. The number of halogens is 5. The zero-order valence-electron chi connectivity index (χ0n) is 15.7. The third kappa shape index (κ3) is 3.92. The molecule has 2 aromatic carbocycles. The monoisotopic (exact) mass is 510 g/mol. The summed E-state index contributed by atoms with van der Waals surface area (Å²) in [7, 11) is 0.875. The van der Waals surface area contributed by atoms with Crippen molar-refractivity contribution in [2.75, 3.05) is 18.0 Å². The zero-order valence-corrected chi connectivity index (χ0v) is 18.7. The first-order valence-electron chi connectivity index (χ1n) is 9.17. The Hall–Kier alpha value is -1.81. The predicted octanol–water partition coefficient (Wildman–Crippen LogP) is 4.40. The number of piperazine rings is 1. The molecular formula is C19H15Cl3F2N2O4S. The van der Waals surface area contributed by atoms with E-state index in [1.165, 1.54) is 11.0 Å². The van der Waals surface area contributed by atoms with E-state index in [4.69, 9.17) is 33.9 Å². The van der Waals surface area contributed by atoms with Crippen molar-refractivity contribution in [2.24, 2.45) is 0 Å². The lowest BCUT2D eigenvalue weighted by atomic mass is 10.1. The average Bonchev–Trinajstić information content (AvgIpc) is 2.92. The van der Waals surface area contributed by atoms with Gasteiger partial charge in [-0.2, -0.15) is 0 Å². The number of hydrogen-bond donors (Lipinski definition) is 1. The first-order valence-corrected chi connectivity index (χ1v) is 12.2. The number of hydrogen-bond acceptors (Lipinski definition) is 5. The second-order valence-corrected chi connectivity index (χ2v) is 10.8. The Labute approximate surface area is 191 Å². The normalized spacial score (nSPS) is 20.9. The molecule has 2 aromatic rings. The lowest BCUT2D eigenvalue weighted by molar-refractivity contribution is 0.0717. The zero-order chi connectivity index (χ0) is 22.7. The Morgan fingerprint density at radius 3 is 2.23 bits per heavy atom. The molecule has 2 fully saturated rings. The topological polar surface area (TPSA) is 77.9 Å². The number of carbonyl (C=O) groups is 1. The number of nitrogens with zero attached hydrogens (tertiary/aromatic N) is 2. The summed E-state index contributed by atoms with van der Waals surface area (Å²) >= 11 is 12.0. The molecule has 2 aliphatic heterocycles. The van der Waals surface area contributed by atoms with Gasteiger partial charge in [0.05, 0.1) is 15.6 Å². The molecule has 2 bridgehead atoms. The van der Waals surface area contributed by atoms with Crippen LogP contribution >= 0.6 is 33.9 Å². The minimum atomic E-state index is -4.45. The summed E-state index contributed by atoms with van der Waals surface area (Å²) in [5.74, 6) is -2.76. The van der Waals surface area contributed by atoms with E-state index in [2.05, 4.69) is 0 Å². The maximum Gasteiger partial charge on any atom is 0.264 e. The van der Waals surface area contributed by atoms with Crippen LogP contribution < -0.4 is 4.90 Å². The van der Waals surface area contributed by atoms with Gasteiger partial charge >= 0.3 is 0 Å². The van der Waals surface area contributed by atoms with Crippen molar-refractivity contribution in [1.29, 1.82) is 0 Å². The van der Waals surface area contributed by atoms with Gasteiger partial charge in [0.1, 0.15) is 16.4 Å². The number of amides is 1. The molecule has 166 valence electrons. The van der Waals surface area contributed by atoms with Crippen LogP contribution in [0.15, 0.2) is 29.2 Å². The van der Waals surface area contributed by atoms with Crippen LogP contribution in [0.2, 0.25) is 10.0 Å². The highest BCUT2D eigenvalue weighted by molar-refractivity contribution is 8.13. The summed E-state index contributed by atoms with van der Waals surface area (Å²) in [5, 5.41) is 10.0. The minimum Gasteiger partial charge on any atom is -0.504 e. The first kappa shape index (κ1) is 22.4. The Bertz CT molecular complexity index is 1180. The van der Waals surface area contributed by atoms with Gasteiger partial charge in [-0.25, -0.2) is 17.2 Å². The molecule has 12 heteroatoms. The number of likely N-dealkylation sites (tertiary alicyclic amines) is 1. The number of rotatable bonds is 3. The number of aromatic hydroxyl groups is 1. The lowest BCUT2D eigenvalue weighted by Gasteiger charge is -2.43. The fourth-order valence-corrected chi connectivity index (χ4v) is 5.68. The van der Waals surface area contributed by atoms with Crippen molar-refractivity contribution >= 4 is 54.5 Å². The molecule has 0 radical (unpaired) electrons. The number of phenolic OH excluding ortho intramolecular Hbond substituents is 1. The van der Waals surface area contributed by atoms with E-state index in [1.54, 1.807) is 4.90 Å². The molecule has 0 saturated carbocycles. The summed E-state index contributed by atoms with van der Waals surface area (Å²) in [6.07, 6.45) is 1.14. The van der Waals surface area contributed by atoms with Gasteiger partial charge in [-0.3, -0.25) is 4.79 Å². The number of anilines is 1. The highest BCUT2D eigenvalue weighted by Crippen LogP contribution is 2.46. The van der Waals surface area contributed by atoms with Crippen molar-refractivity contribution in [3.63, 3.8) is 0 Å². The van der Waals surface area contributed by atoms with Gasteiger partial charge in [0.25, 0.3) is 15.0 Å². The van der Waals surface area contributed by atoms with Crippen LogP contribution in [0.5, 0.6) is 5.75 Å². The third-order valence-corrected chi connectivity index (χ3v) is 7.51. The number of carbonyl (C=O) groups excluding carboxylic acids is 1. The van der Waals surface area contributed by atoms with Gasteiger partial charge in [-0.15, -0.1) is 0 Å². The maximum absolute atomic E-state index is 15.1. The summed E-state index contributed by atoms with van der Waals surface area (Å²) in [5.41, 5.74) is -0.214. The average molecular weight is 512 g/mol. The van der Waals surface area contributed by atoms with E-state index in [0.717, 1.165) is 18.2 Å². The highest BCUT2D eigenvalue weighted by atomic mass is 35.7. The standard InChI is InChI=1S/C19H15Cl3F2N2O4S/c20-13-5-9(23)1-4-12(13)19(28)25-7-10-2-3-11(8-25)26(10)17-16(24)15(31(22,29)30)6-14(21)18(17)27/h1,4-6,10-11,27H,2-3,7-8H2. The highest BCUT2D eigenvalue weighted by Gasteiger charge is 2.44. The van der Waals surface area contributed by atoms with Gasteiger partial charge in [-0.05, 0) is 37.1 Å². The molecule has 6 nitrogen and oxygen atoms in total. The van der Waals surface area contributed by atoms with E-state index in [9.17, 15) is 22.7 Å². The smallest absolute Gasteiger partial charge is 0.264 e. The molecule has 2 saturated heterocycles. The van der Waals surface area contributed by atoms with Crippen LogP contribution in [0.3, 0.4) is 0 Å². The van der Waals surface area contributed by atoms with Gasteiger partial charge in [0.2, 0.25) is 0 Å². The minimum absolute atomic E-state index is 0.0183. The van der Waals surface area contributed by atoms with Crippen molar-refractivity contribution in [2.45, 2.75) is 29.8 Å². The van der Waals surface area contributed by atoms with Crippen LogP contribution in [0.25, 0.3) is 0 Å². The molecule has 1 amide bonds. The molecule has 1 N–H and O–H groups in total. The van der Waals surface area contributed by atoms with E-state index in [-0.39, 0.29) is 34.4 Å². The maximum atomic E-state index is 15.1. The predicted molar refractivity (Wildman–Crippen MR) is 113 cm³/mol. The van der Waals surface area contributed by atoms with E-state index in [0.29, 0.717) is 12.8 Å². The molecule has 2 aliphatic rings. The quantitative estimate of drug-likeness (QED) is 0.618. The van der Waals surface area contributed by atoms with Gasteiger partial charge in [-0.1, -0.05) is 23.2 Å². The molecule has 2 unspecified atom stereocenters. The Balaban J connectivity index is 1.68. The van der Waals surface area contributed by atoms with Crippen molar-refractivity contribution < 1.29 is 27.1 Å². The fourth-order valence-electron chi connectivity index (χ4n) is 4.26. The Morgan fingerprint density at radius 2 is 1.68 bits per heavy atom. The molecule has 4 rings (SSSR count). The van der Waals surface area contributed by atoms with Crippen molar-refractivity contribution in [3.8, 4) is 5.75 Å². The van der Waals surface area contributed by atoms with E-state index >= 15 is 4.39 Å². The summed E-state index contributed by atoms with van der Waals surface area (Å²) in [4.78, 5) is 15.2. The SMILES string of the molecule is O=C(c1ccc(F)cc1Cl)N1CC2CCC(C1)N2c1c(O)c(Cl)cc(S(=O)(=O)Cl)c1F. The molecule has 2 atom stereocenters. The van der Waals surface area contributed by atoms with Gasteiger partial charge in [0, 0.05) is 35.9 Å². The number of benzene rings is 2. The largest absolute Gasteiger partial charge is 0.504 e. The molecule has 0 aromatic heterocycles. The van der Waals surface area contributed by atoms with Crippen molar-refractivity contribution in [3.05, 3.63) is 51.5 Å². The third-order valence-electron chi connectivity index (χ3n) is 5.58. The molecular weight excluding hydrogens is 497 g/mol. The molecule has 0 aliphatic carbocycles. The van der Waals surface area contributed by atoms with E-state index < -0.39 is 49.3 Å². The first-order chi connectivity index (χ1) is 14.5. The summed E-state index contributed by atoms with van der Waals surface area (Å²) in [6, 6.07) is 3.42. The fraction of sp³-hybridized carbons (Fsp3) is 0.316. The summed E-state index contributed by atoms with van der Waals surface area (Å²) in [6.45, 7) is 0.328.